The molecular weight excluding hydrogens is 324 g/mol. The summed E-state index contributed by atoms with van der Waals surface area (Å²) in [6.45, 7) is 2.03. The molecule has 0 aliphatic rings. The number of halogens is 1. The summed E-state index contributed by atoms with van der Waals surface area (Å²) in [6, 6.07) is 15.4. The Morgan fingerprint density at radius 3 is 2.75 bits per heavy atom. The Morgan fingerprint density at radius 1 is 1.04 bits per heavy atom. The first-order chi connectivity index (χ1) is 11.7. The topological polar surface area (TPSA) is 63.8 Å². The van der Waals surface area contributed by atoms with Gasteiger partial charge in [0, 0.05) is 16.3 Å². The lowest BCUT2D eigenvalue weighted by Crippen LogP contribution is -1.97. The van der Waals surface area contributed by atoms with E-state index in [0.717, 1.165) is 22.2 Å². The summed E-state index contributed by atoms with van der Waals surface area (Å²) < 4.78 is 5.37. The summed E-state index contributed by atoms with van der Waals surface area (Å²) in [5.74, 6) is 0.644. The first-order valence-corrected chi connectivity index (χ1v) is 7.79. The van der Waals surface area contributed by atoms with E-state index in [2.05, 4.69) is 20.4 Å². The van der Waals surface area contributed by atoms with Crippen molar-refractivity contribution < 1.29 is 4.52 Å². The minimum Gasteiger partial charge on any atom is -0.339 e. The van der Waals surface area contributed by atoms with Gasteiger partial charge in [-0.25, -0.2) is 4.98 Å². The van der Waals surface area contributed by atoms with Gasteiger partial charge in [0.05, 0.1) is 0 Å². The predicted octanol–water partition coefficient (Wildman–Crippen LogP) is 4.99. The summed E-state index contributed by atoms with van der Waals surface area (Å²) in [4.78, 5) is 8.53. The molecule has 0 amide bonds. The highest BCUT2D eigenvalue weighted by Crippen LogP contribution is 2.33. The molecule has 0 unspecified atom stereocenters. The van der Waals surface area contributed by atoms with Gasteiger partial charge in [-0.05, 0) is 30.7 Å². The Labute approximate surface area is 143 Å². The molecule has 0 atom stereocenters. The Kier molecular flexibility index (Phi) is 3.63. The van der Waals surface area contributed by atoms with Crippen LogP contribution in [0.15, 0.2) is 59.4 Å². The average molecular weight is 337 g/mol. The fourth-order valence-corrected chi connectivity index (χ4v) is 2.75. The largest absolute Gasteiger partial charge is 0.339 e. The number of fused-ring (bicyclic) bond motifs is 1. The number of para-hydroxylation sites is 1. The summed E-state index contributed by atoms with van der Waals surface area (Å²) in [6.07, 6.45) is 1.45. The zero-order chi connectivity index (χ0) is 16.5. The van der Waals surface area contributed by atoms with Crippen molar-refractivity contribution >= 4 is 34.2 Å². The molecule has 0 aliphatic carbocycles. The summed E-state index contributed by atoms with van der Waals surface area (Å²) in [7, 11) is 0. The number of hydrogen-bond donors (Lipinski definition) is 1. The number of aryl methyl sites for hydroxylation is 1. The van der Waals surface area contributed by atoms with Crippen LogP contribution in [0.3, 0.4) is 0 Å². The van der Waals surface area contributed by atoms with E-state index in [4.69, 9.17) is 16.1 Å². The number of nitrogens with zero attached hydrogens (tertiary/aromatic N) is 3. The van der Waals surface area contributed by atoms with Crippen LogP contribution in [0.25, 0.3) is 22.4 Å². The van der Waals surface area contributed by atoms with E-state index in [1.165, 1.54) is 6.33 Å². The minimum absolute atomic E-state index is 0.427. The number of anilines is 2. The molecule has 1 N–H and O–H groups in total. The normalized spacial score (nSPS) is 10.9. The molecule has 0 radical (unpaired) electrons. The highest BCUT2D eigenvalue weighted by molar-refractivity contribution is 6.30. The molecule has 6 heteroatoms. The monoisotopic (exact) mass is 336 g/mol. The number of nitrogens with one attached hydrogen (secondary N) is 1. The van der Waals surface area contributed by atoms with Crippen molar-refractivity contribution in [2.75, 3.05) is 5.32 Å². The molecule has 0 saturated heterocycles. The molecule has 0 aliphatic heterocycles. The summed E-state index contributed by atoms with van der Waals surface area (Å²) in [5, 5.41) is 8.86. The molecule has 24 heavy (non-hydrogen) atoms. The van der Waals surface area contributed by atoms with Gasteiger partial charge < -0.3 is 9.84 Å². The van der Waals surface area contributed by atoms with Crippen LogP contribution >= 0.6 is 11.6 Å². The minimum atomic E-state index is 0.427. The van der Waals surface area contributed by atoms with E-state index < -0.39 is 0 Å². The van der Waals surface area contributed by atoms with E-state index in [1.807, 2.05) is 55.5 Å². The van der Waals surface area contributed by atoms with Crippen LogP contribution in [0.4, 0.5) is 11.5 Å². The van der Waals surface area contributed by atoms with Crippen molar-refractivity contribution in [3.8, 4) is 11.3 Å². The van der Waals surface area contributed by atoms with E-state index in [0.29, 0.717) is 22.2 Å². The van der Waals surface area contributed by atoms with Crippen LogP contribution in [0.5, 0.6) is 0 Å². The van der Waals surface area contributed by atoms with Crippen LogP contribution < -0.4 is 5.32 Å². The van der Waals surface area contributed by atoms with Crippen LogP contribution in [0.1, 0.15) is 5.56 Å². The van der Waals surface area contributed by atoms with Crippen molar-refractivity contribution in [1.82, 2.24) is 15.1 Å². The van der Waals surface area contributed by atoms with Crippen LogP contribution in [-0.4, -0.2) is 15.1 Å². The third-order valence-corrected chi connectivity index (χ3v) is 4.00. The highest BCUT2D eigenvalue weighted by Gasteiger charge is 2.17. The van der Waals surface area contributed by atoms with E-state index in [1.54, 1.807) is 0 Å². The Balaban J connectivity index is 1.88. The maximum atomic E-state index is 6.10. The van der Waals surface area contributed by atoms with E-state index in [9.17, 15) is 0 Å². The number of rotatable bonds is 3. The number of hydrogen-bond acceptors (Lipinski definition) is 5. The van der Waals surface area contributed by atoms with Gasteiger partial charge in [-0.2, -0.15) is 4.98 Å². The van der Waals surface area contributed by atoms with Crippen LogP contribution in [-0.2, 0) is 0 Å². The standard InChI is InChI=1S/C18H13ClN4O/c1-11-5-2-3-8-14(11)22-17-15-16(12-6-4-7-13(19)9-12)23-24-18(15)21-10-20-17/h2-10H,1H3,(H,20,21,22). The van der Waals surface area contributed by atoms with E-state index >= 15 is 0 Å². The SMILES string of the molecule is Cc1ccccc1Nc1ncnc2onc(-c3cccc(Cl)c3)c12. The fraction of sp³-hybridized carbons (Fsp3) is 0.0556. The molecule has 0 bridgehead atoms. The maximum Gasteiger partial charge on any atom is 0.263 e. The quantitative estimate of drug-likeness (QED) is 0.571. The van der Waals surface area contributed by atoms with Gasteiger partial charge in [0.15, 0.2) is 0 Å². The lowest BCUT2D eigenvalue weighted by Gasteiger charge is -2.09. The predicted molar refractivity (Wildman–Crippen MR) is 94.5 cm³/mol. The Morgan fingerprint density at radius 2 is 1.92 bits per heavy atom. The van der Waals surface area contributed by atoms with Gasteiger partial charge in [-0.1, -0.05) is 47.1 Å². The van der Waals surface area contributed by atoms with E-state index in [-0.39, 0.29) is 0 Å². The average Bonchev–Trinajstić information content (AvgIpc) is 3.02. The second kappa shape index (κ2) is 5.94. The molecule has 4 aromatic rings. The van der Waals surface area contributed by atoms with Gasteiger partial charge >= 0.3 is 0 Å². The molecule has 2 heterocycles. The van der Waals surface area contributed by atoms with Crippen LogP contribution in [0, 0.1) is 6.92 Å². The summed E-state index contributed by atoms with van der Waals surface area (Å²) in [5.41, 5.74) is 4.02. The smallest absolute Gasteiger partial charge is 0.263 e. The van der Waals surface area contributed by atoms with Gasteiger partial charge in [-0.15, -0.1) is 0 Å². The van der Waals surface area contributed by atoms with Crippen molar-refractivity contribution in [3.05, 3.63) is 65.4 Å². The Bertz CT molecular complexity index is 1030. The molecule has 0 spiro atoms. The maximum absolute atomic E-state index is 6.10. The van der Waals surface area contributed by atoms with Crippen molar-refractivity contribution in [1.29, 1.82) is 0 Å². The Hall–Kier alpha value is -2.92. The first-order valence-electron chi connectivity index (χ1n) is 7.41. The van der Waals surface area contributed by atoms with Crippen molar-refractivity contribution in [3.63, 3.8) is 0 Å². The molecule has 0 fully saturated rings. The fourth-order valence-electron chi connectivity index (χ4n) is 2.55. The molecular formula is C18H13ClN4O. The molecule has 2 aromatic carbocycles. The lowest BCUT2D eigenvalue weighted by molar-refractivity contribution is 0.451. The highest BCUT2D eigenvalue weighted by atomic mass is 35.5. The second-order valence-electron chi connectivity index (χ2n) is 5.38. The van der Waals surface area contributed by atoms with Crippen molar-refractivity contribution in [2.45, 2.75) is 6.92 Å². The zero-order valence-electron chi connectivity index (χ0n) is 12.8. The van der Waals surface area contributed by atoms with Gasteiger partial charge in [0.2, 0.25) is 0 Å². The first kappa shape index (κ1) is 14.7. The zero-order valence-corrected chi connectivity index (χ0v) is 13.6. The van der Waals surface area contributed by atoms with Gasteiger partial charge in [-0.3, -0.25) is 0 Å². The second-order valence-corrected chi connectivity index (χ2v) is 5.82. The molecule has 4 rings (SSSR count). The van der Waals surface area contributed by atoms with Crippen molar-refractivity contribution in [2.24, 2.45) is 0 Å². The molecule has 2 aromatic heterocycles. The molecule has 5 nitrogen and oxygen atoms in total. The third kappa shape index (κ3) is 2.59. The van der Waals surface area contributed by atoms with Crippen LogP contribution in [0.2, 0.25) is 5.02 Å². The molecule has 0 saturated carbocycles. The third-order valence-electron chi connectivity index (χ3n) is 3.77. The number of benzene rings is 2. The lowest BCUT2D eigenvalue weighted by atomic mass is 10.1. The van der Waals surface area contributed by atoms with Gasteiger partial charge in [0.25, 0.3) is 5.71 Å². The summed E-state index contributed by atoms with van der Waals surface area (Å²) >= 11 is 6.10. The number of aromatic nitrogens is 3. The van der Waals surface area contributed by atoms with Gasteiger partial charge in [0.1, 0.15) is 23.2 Å². The molecule has 118 valence electrons.